The van der Waals surface area contributed by atoms with Crippen molar-refractivity contribution >= 4 is 27.3 Å². The van der Waals surface area contributed by atoms with E-state index in [1.807, 2.05) is 7.05 Å². The van der Waals surface area contributed by atoms with Gasteiger partial charge in [-0.05, 0) is 67.5 Å². The Kier molecular flexibility index (Phi) is 4.59. The summed E-state index contributed by atoms with van der Waals surface area (Å²) in [6, 6.07) is 4.24. The fourth-order valence-corrected chi connectivity index (χ4v) is 3.55. The summed E-state index contributed by atoms with van der Waals surface area (Å²) in [5.41, 5.74) is 3.81. The molecule has 3 nitrogen and oxygen atoms in total. The van der Waals surface area contributed by atoms with Gasteiger partial charge in [-0.1, -0.05) is 0 Å². The third-order valence-corrected chi connectivity index (χ3v) is 4.70. The van der Waals surface area contributed by atoms with Crippen LogP contribution in [0.5, 0.6) is 0 Å². The van der Waals surface area contributed by atoms with E-state index >= 15 is 0 Å². The average Bonchev–Trinajstić information content (AvgIpc) is 2.84. The quantitative estimate of drug-likeness (QED) is 0.914. The Bertz CT molecular complexity index is 530. The molecule has 98 valence electrons. The molecule has 0 saturated carbocycles. The highest BCUT2D eigenvalue weighted by Crippen LogP contribution is 2.24. The number of likely N-dealkylation sites (N-methyl/N-ethyl adjacent to an activating group) is 1. The van der Waals surface area contributed by atoms with E-state index in [-0.39, 0.29) is 0 Å². The molecule has 0 amide bonds. The van der Waals surface area contributed by atoms with E-state index in [1.165, 1.54) is 19.9 Å². The minimum Gasteiger partial charge on any atom is -0.319 e. The van der Waals surface area contributed by atoms with Crippen LogP contribution in [0.2, 0.25) is 0 Å². The summed E-state index contributed by atoms with van der Waals surface area (Å²) < 4.78 is 3.29. The van der Waals surface area contributed by atoms with Crippen LogP contribution in [0, 0.1) is 13.8 Å². The van der Waals surface area contributed by atoms with Crippen molar-refractivity contribution in [2.45, 2.75) is 26.8 Å². The van der Waals surface area contributed by atoms with E-state index < -0.39 is 0 Å². The number of halogens is 1. The molecule has 2 heterocycles. The molecule has 0 atom stereocenters. The minimum absolute atomic E-state index is 0.864. The number of nitrogens with one attached hydrogen (secondary N) is 1. The number of aromatic nitrogens is 2. The molecule has 0 unspecified atom stereocenters. The molecule has 0 aliphatic carbocycles. The minimum atomic E-state index is 0.864. The molecule has 0 aliphatic rings. The lowest BCUT2D eigenvalue weighted by molar-refractivity contribution is 0.664. The normalized spacial score (nSPS) is 11.1. The fraction of sp³-hybridized carbons (Fsp3) is 0.462. The fourth-order valence-electron chi connectivity index (χ4n) is 2.08. The smallest absolute Gasteiger partial charge is 0.0755 e. The Morgan fingerprint density at radius 3 is 2.78 bits per heavy atom. The van der Waals surface area contributed by atoms with Gasteiger partial charge in [-0.25, -0.2) is 0 Å². The summed E-state index contributed by atoms with van der Waals surface area (Å²) in [4.78, 5) is 1.33. The number of nitrogens with zero attached hydrogens (tertiary/aromatic N) is 2. The maximum absolute atomic E-state index is 4.65. The van der Waals surface area contributed by atoms with Crippen LogP contribution in [0.15, 0.2) is 15.9 Å². The molecule has 0 aliphatic heterocycles. The summed E-state index contributed by atoms with van der Waals surface area (Å²) in [6.07, 6.45) is 1.04. The molecule has 2 aromatic heterocycles. The van der Waals surface area contributed by atoms with Gasteiger partial charge in [0.25, 0.3) is 0 Å². The number of hydrogen-bond acceptors (Lipinski definition) is 3. The second-order valence-electron chi connectivity index (χ2n) is 4.37. The Hall–Kier alpha value is -0.650. The van der Waals surface area contributed by atoms with Gasteiger partial charge in [0.1, 0.15) is 0 Å². The molecule has 0 bridgehead atoms. The number of hydrogen-bond donors (Lipinski definition) is 1. The maximum atomic E-state index is 4.65. The second-order valence-corrected chi connectivity index (χ2v) is 6.91. The molecule has 2 aromatic rings. The SMILES string of the molecule is CNCCc1c(C)nn(Cc2ccc(Br)s2)c1C. The predicted octanol–water partition coefficient (Wildman–Crippen LogP) is 3.13. The molecular formula is C13H18BrN3S. The topological polar surface area (TPSA) is 29.9 Å². The summed E-state index contributed by atoms with van der Waals surface area (Å²) in [5, 5.41) is 7.84. The molecule has 18 heavy (non-hydrogen) atoms. The van der Waals surface area contributed by atoms with Crippen LogP contribution in [-0.4, -0.2) is 23.4 Å². The van der Waals surface area contributed by atoms with Crippen molar-refractivity contribution in [2.75, 3.05) is 13.6 Å². The number of aryl methyl sites for hydroxylation is 1. The lowest BCUT2D eigenvalue weighted by Crippen LogP contribution is -2.11. The van der Waals surface area contributed by atoms with Crippen molar-refractivity contribution in [2.24, 2.45) is 0 Å². The van der Waals surface area contributed by atoms with Gasteiger partial charge in [0.05, 0.1) is 16.0 Å². The highest BCUT2D eigenvalue weighted by Gasteiger charge is 2.11. The van der Waals surface area contributed by atoms with Gasteiger partial charge in [-0.3, -0.25) is 4.68 Å². The number of rotatable bonds is 5. The van der Waals surface area contributed by atoms with Crippen LogP contribution in [-0.2, 0) is 13.0 Å². The molecule has 0 radical (unpaired) electrons. The molecule has 0 saturated heterocycles. The van der Waals surface area contributed by atoms with Crippen LogP contribution in [0.4, 0.5) is 0 Å². The maximum Gasteiger partial charge on any atom is 0.0755 e. The zero-order valence-corrected chi connectivity index (χ0v) is 13.4. The van der Waals surface area contributed by atoms with Gasteiger partial charge in [0.15, 0.2) is 0 Å². The van der Waals surface area contributed by atoms with Crippen LogP contribution in [0.25, 0.3) is 0 Å². The van der Waals surface area contributed by atoms with Gasteiger partial charge in [-0.15, -0.1) is 11.3 Å². The molecule has 0 aromatic carbocycles. The monoisotopic (exact) mass is 327 g/mol. The van der Waals surface area contributed by atoms with Crippen LogP contribution >= 0.6 is 27.3 Å². The van der Waals surface area contributed by atoms with Crippen LogP contribution in [0.1, 0.15) is 21.8 Å². The van der Waals surface area contributed by atoms with E-state index in [0.29, 0.717) is 0 Å². The van der Waals surface area contributed by atoms with E-state index in [0.717, 1.165) is 25.2 Å². The molecule has 2 rings (SSSR count). The van der Waals surface area contributed by atoms with Crippen molar-refractivity contribution in [1.82, 2.24) is 15.1 Å². The summed E-state index contributed by atoms with van der Waals surface area (Å²) in [5.74, 6) is 0. The standard InChI is InChI=1S/C13H18BrN3S/c1-9-12(6-7-15-3)10(2)17(16-9)8-11-4-5-13(14)18-11/h4-5,15H,6-8H2,1-3H3. The Balaban J connectivity index is 2.18. The van der Waals surface area contributed by atoms with Gasteiger partial charge in [0.2, 0.25) is 0 Å². The first-order chi connectivity index (χ1) is 8.61. The summed E-state index contributed by atoms with van der Waals surface area (Å²) in [7, 11) is 1.98. The van der Waals surface area contributed by atoms with Crippen molar-refractivity contribution in [3.8, 4) is 0 Å². The van der Waals surface area contributed by atoms with Crippen molar-refractivity contribution in [1.29, 1.82) is 0 Å². The largest absolute Gasteiger partial charge is 0.319 e. The molecule has 5 heteroatoms. The lowest BCUT2D eigenvalue weighted by Gasteiger charge is -2.04. The Morgan fingerprint density at radius 2 is 2.17 bits per heavy atom. The van der Waals surface area contributed by atoms with Crippen molar-refractivity contribution < 1.29 is 0 Å². The molecular weight excluding hydrogens is 310 g/mol. The second kappa shape index (κ2) is 5.99. The van der Waals surface area contributed by atoms with Crippen molar-refractivity contribution in [3.05, 3.63) is 37.7 Å². The van der Waals surface area contributed by atoms with Gasteiger partial charge in [0, 0.05) is 10.6 Å². The third kappa shape index (κ3) is 3.02. The summed E-state index contributed by atoms with van der Waals surface area (Å²) >= 11 is 5.27. The Labute approximate surface area is 120 Å². The number of thiophene rings is 1. The molecule has 1 N–H and O–H groups in total. The van der Waals surface area contributed by atoms with Crippen LogP contribution < -0.4 is 5.32 Å². The third-order valence-electron chi connectivity index (χ3n) is 3.09. The highest BCUT2D eigenvalue weighted by molar-refractivity contribution is 9.11. The molecule has 0 spiro atoms. The summed E-state index contributed by atoms with van der Waals surface area (Å²) in [6.45, 7) is 6.12. The first kappa shape index (κ1) is 13.8. The predicted molar refractivity (Wildman–Crippen MR) is 80.5 cm³/mol. The van der Waals surface area contributed by atoms with E-state index in [2.05, 4.69) is 57.0 Å². The first-order valence-corrected chi connectivity index (χ1v) is 7.64. The molecule has 0 fully saturated rings. The van der Waals surface area contributed by atoms with E-state index in [4.69, 9.17) is 0 Å². The van der Waals surface area contributed by atoms with E-state index in [9.17, 15) is 0 Å². The van der Waals surface area contributed by atoms with Gasteiger partial charge >= 0.3 is 0 Å². The van der Waals surface area contributed by atoms with E-state index in [1.54, 1.807) is 11.3 Å². The Morgan fingerprint density at radius 1 is 1.39 bits per heavy atom. The zero-order chi connectivity index (χ0) is 13.1. The zero-order valence-electron chi connectivity index (χ0n) is 11.0. The van der Waals surface area contributed by atoms with Crippen LogP contribution in [0.3, 0.4) is 0 Å². The van der Waals surface area contributed by atoms with Crippen molar-refractivity contribution in [3.63, 3.8) is 0 Å². The highest BCUT2D eigenvalue weighted by atomic mass is 79.9. The van der Waals surface area contributed by atoms with Gasteiger partial charge < -0.3 is 5.32 Å². The lowest BCUT2D eigenvalue weighted by atomic mass is 10.1. The van der Waals surface area contributed by atoms with Gasteiger partial charge in [-0.2, -0.15) is 5.10 Å². The first-order valence-electron chi connectivity index (χ1n) is 6.03. The average molecular weight is 328 g/mol.